The molecule has 2 rings (SSSR count). The molecule has 0 aromatic carbocycles. The van der Waals surface area contributed by atoms with Crippen LogP contribution in [0.5, 0.6) is 0 Å². The molecule has 82 valence electrons. The summed E-state index contributed by atoms with van der Waals surface area (Å²) in [5.74, 6) is 0.915. The number of carbonyl (C=O) groups is 1. The molecule has 0 amide bonds. The molecular formula is C11H15NO3. The monoisotopic (exact) mass is 209 g/mol. The summed E-state index contributed by atoms with van der Waals surface area (Å²) < 4.78 is 5.05. The van der Waals surface area contributed by atoms with Crippen LogP contribution >= 0.6 is 0 Å². The largest absolute Gasteiger partial charge is 0.476 e. The van der Waals surface area contributed by atoms with Crippen molar-refractivity contribution < 1.29 is 14.4 Å². The van der Waals surface area contributed by atoms with E-state index in [0.717, 1.165) is 30.6 Å². The minimum Gasteiger partial charge on any atom is -0.476 e. The van der Waals surface area contributed by atoms with E-state index in [1.807, 2.05) is 0 Å². The van der Waals surface area contributed by atoms with E-state index in [1.54, 1.807) is 0 Å². The van der Waals surface area contributed by atoms with Crippen molar-refractivity contribution in [2.24, 2.45) is 11.8 Å². The van der Waals surface area contributed by atoms with Gasteiger partial charge in [-0.15, -0.1) is 0 Å². The average Bonchev–Trinajstić information content (AvgIpc) is 2.59. The molecular weight excluding hydrogens is 194 g/mol. The molecule has 1 aliphatic carbocycles. The van der Waals surface area contributed by atoms with Gasteiger partial charge in [0, 0.05) is 12.0 Å². The Morgan fingerprint density at radius 1 is 1.60 bits per heavy atom. The Morgan fingerprint density at radius 3 is 2.93 bits per heavy atom. The molecule has 1 aromatic heterocycles. The number of fused-ring (bicyclic) bond motifs is 1. The molecule has 0 radical (unpaired) electrons. The predicted octanol–water partition coefficient (Wildman–Crippen LogP) is 2.13. The summed E-state index contributed by atoms with van der Waals surface area (Å²) in [7, 11) is 0. The third-order valence-electron chi connectivity index (χ3n) is 3.22. The molecule has 0 fully saturated rings. The Labute approximate surface area is 88.3 Å². The molecule has 0 unspecified atom stereocenters. The van der Waals surface area contributed by atoms with Gasteiger partial charge in [-0.2, -0.15) is 0 Å². The van der Waals surface area contributed by atoms with Crippen LogP contribution in [0.3, 0.4) is 0 Å². The number of carboxylic acids is 1. The summed E-state index contributed by atoms with van der Waals surface area (Å²) in [4.78, 5) is 10.9. The lowest BCUT2D eigenvalue weighted by Crippen LogP contribution is -2.19. The fraction of sp³-hybridized carbons (Fsp3) is 0.636. The van der Waals surface area contributed by atoms with Crippen LogP contribution < -0.4 is 0 Å². The number of hydrogen-bond acceptors (Lipinski definition) is 3. The predicted molar refractivity (Wildman–Crippen MR) is 53.8 cm³/mol. The van der Waals surface area contributed by atoms with Crippen LogP contribution in [0.25, 0.3) is 0 Å². The number of aromatic carboxylic acids is 1. The van der Waals surface area contributed by atoms with E-state index < -0.39 is 5.97 Å². The van der Waals surface area contributed by atoms with Gasteiger partial charge in [0.25, 0.3) is 0 Å². The van der Waals surface area contributed by atoms with Crippen molar-refractivity contribution in [3.8, 4) is 0 Å². The maximum Gasteiger partial charge on any atom is 0.358 e. The fourth-order valence-electron chi connectivity index (χ4n) is 2.17. The minimum atomic E-state index is -0.982. The van der Waals surface area contributed by atoms with Crippen molar-refractivity contribution in [3.63, 3.8) is 0 Å². The van der Waals surface area contributed by atoms with Crippen molar-refractivity contribution in [2.75, 3.05) is 0 Å². The van der Waals surface area contributed by atoms with Crippen LogP contribution in [0, 0.1) is 11.8 Å². The molecule has 0 bridgehead atoms. The number of rotatable bonds is 2. The summed E-state index contributed by atoms with van der Waals surface area (Å²) in [6.45, 7) is 4.34. The molecule has 0 saturated carbocycles. The quantitative estimate of drug-likeness (QED) is 0.810. The Balaban J connectivity index is 2.30. The first kappa shape index (κ1) is 10.2. The Hall–Kier alpha value is -1.32. The standard InChI is InChI=1S/C11H15NO3/c1-6(2)7-3-4-9-8(5-7)10(11(13)14)12-15-9/h6-7H,3-5H2,1-2H3,(H,13,14)/t7-/m0/s1. The van der Waals surface area contributed by atoms with Gasteiger partial charge in [0.1, 0.15) is 5.76 Å². The summed E-state index contributed by atoms with van der Waals surface area (Å²) in [5, 5.41) is 12.5. The van der Waals surface area contributed by atoms with Crippen LogP contribution in [0.4, 0.5) is 0 Å². The maximum absolute atomic E-state index is 10.9. The van der Waals surface area contributed by atoms with Crippen LogP contribution in [0.15, 0.2) is 4.52 Å². The first-order valence-electron chi connectivity index (χ1n) is 5.30. The summed E-state index contributed by atoms with van der Waals surface area (Å²) in [6.07, 6.45) is 2.68. The van der Waals surface area contributed by atoms with E-state index in [9.17, 15) is 4.79 Å². The third kappa shape index (κ3) is 1.76. The van der Waals surface area contributed by atoms with Crippen LogP contribution in [-0.4, -0.2) is 16.2 Å². The fourth-order valence-corrected chi connectivity index (χ4v) is 2.17. The summed E-state index contributed by atoms with van der Waals surface area (Å²) in [5.41, 5.74) is 0.919. The highest BCUT2D eigenvalue weighted by molar-refractivity contribution is 5.87. The van der Waals surface area contributed by atoms with Gasteiger partial charge in [-0.05, 0) is 24.7 Å². The van der Waals surface area contributed by atoms with E-state index in [2.05, 4.69) is 19.0 Å². The molecule has 15 heavy (non-hydrogen) atoms. The minimum absolute atomic E-state index is 0.107. The van der Waals surface area contributed by atoms with E-state index in [0.29, 0.717) is 11.8 Å². The average molecular weight is 209 g/mol. The van der Waals surface area contributed by atoms with E-state index >= 15 is 0 Å². The molecule has 1 aromatic rings. The molecule has 0 spiro atoms. The lowest BCUT2D eigenvalue weighted by atomic mass is 9.80. The molecule has 0 aliphatic heterocycles. The van der Waals surface area contributed by atoms with Gasteiger partial charge in [-0.3, -0.25) is 0 Å². The number of carboxylic acid groups (broad SMARTS) is 1. The van der Waals surface area contributed by atoms with Crippen molar-refractivity contribution >= 4 is 5.97 Å². The number of nitrogens with zero attached hydrogens (tertiary/aromatic N) is 1. The first-order valence-corrected chi connectivity index (χ1v) is 5.30. The Kier molecular flexibility index (Phi) is 2.50. The smallest absolute Gasteiger partial charge is 0.358 e. The zero-order valence-electron chi connectivity index (χ0n) is 8.99. The zero-order valence-corrected chi connectivity index (χ0v) is 8.99. The van der Waals surface area contributed by atoms with Gasteiger partial charge < -0.3 is 9.63 Å². The van der Waals surface area contributed by atoms with Gasteiger partial charge in [0.2, 0.25) is 0 Å². The molecule has 1 aliphatic rings. The highest BCUT2D eigenvalue weighted by atomic mass is 16.5. The highest BCUT2D eigenvalue weighted by Crippen LogP contribution is 2.31. The lowest BCUT2D eigenvalue weighted by Gasteiger charge is -2.24. The van der Waals surface area contributed by atoms with Crippen molar-refractivity contribution in [1.29, 1.82) is 0 Å². The second kappa shape index (κ2) is 3.68. The molecule has 0 saturated heterocycles. The van der Waals surface area contributed by atoms with Crippen molar-refractivity contribution in [2.45, 2.75) is 33.1 Å². The molecule has 1 atom stereocenters. The lowest BCUT2D eigenvalue weighted by molar-refractivity contribution is 0.0684. The van der Waals surface area contributed by atoms with Gasteiger partial charge in [0.05, 0.1) is 0 Å². The summed E-state index contributed by atoms with van der Waals surface area (Å²) in [6, 6.07) is 0. The van der Waals surface area contributed by atoms with Crippen LogP contribution in [0.1, 0.15) is 42.1 Å². The molecule has 4 heteroatoms. The topological polar surface area (TPSA) is 63.3 Å². The number of aromatic nitrogens is 1. The molecule has 1 heterocycles. The highest BCUT2D eigenvalue weighted by Gasteiger charge is 2.29. The summed E-state index contributed by atoms with van der Waals surface area (Å²) >= 11 is 0. The van der Waals surface area contributed by atoms with Gasteiger partial charge in [-0.1, -0.05) is 19.0 Å². The van der Waals surface area contributed by atoms with Crippen LogP contribution in [0.2, 0.25) is 0 Å². The molecule has 1 N–H and O–H groups in total. The SMILES string of the molecule is CC(C)[C@H]1CCc2onc(C(=O)O)c2C1. The Bertz CT molecular complexity index is 381. The number of aryl methyl sites for hydroxylation is 1. The van der Waals surface area contributed by atoms with Gasteiger partial charge >= 0.3 is 5.97 Å². The first-order chi connectivity index (χ1) is 7.09. The van der Waals surface area contributed by atoms with Gasteiger partial charge in [-0.25, -0.2) is 4.79 Å². The second-order valence-electron chi connectivity index (χ2n) is 4.48. The van der Waals surface area contributed by atoms with Crippen molar-refractivity contribution in [1.82, 2.24) is 5.16 Å². The normalized spacial score (nSPS) is 20.3. The van der Waals surface area contributed by atoms with E-state index in [4.69, 9.17) is 9.63 Å². The third-order valence-corrected chi connectivity index (χ3v) is 3.22. The van der Waals surface area contributed by atoms with E-state index in [1.165, 1.54) is 0 Å². The zero-order chi connectivity index (χ0) is 11.0. The Morgan fingerprint density at radius 2 is 2.33 bits per heavy atom. The van der Waals surface area contributed by atoms with Gasteiger partial charge in [0.15, 0.2) is 5.69 Å². The van der Waals surface area contributed by atoms with E-state index in [-0.39, 0.29) is 5.69 Å². The second-order valence-corrected chi connectivity index (χ2v) is 4.48. The van der Waals surface area contributed by atoms with Crippen molar-refractivity contribution in [3.05, 3.63) is 17.0 Å². The molecule has 4 nitrogen and oxygen atoms in total. The number of hydrogen-bond donors (Lipinski definition) is 1. The van der Waals surface area contributed by atoms with Crippen LogP contribution in [-0.2, 0) is 12.8 Å². The maximum atomic E-state index is 10.9.